The fourth-order valence-electron chi connectivity index (χ4n) is 2.35. The molecule has 0 bridgehead atoms. The third kappa shape index (κ3) is 3.61. The van der Waals surface area contributed by atoms with Crippen LogP contribution in [0.5, 0.6) is 0 Å². The molecule has 0 aromatic carbocycles. The average Bonchev–Trinajstić information content (AvgIpc) is 2.74. The third-order valence-corrected chi connectivity index (χ3v) is 4.03. The number of rotatable bonds is 4. The third-order valence-electron chi connectivity index (χ3n) is 3.55. The van der Waals surface area contributed by atoms with Crippen LogP contribution in [-0.4, -0.2) is 54.1 Å². The molecule has 0 spiro atoms. The van der Waals surface area contributed by atoms with E-state index >= 15 is 0 Å². The molecule has 0 aliphatic carbocycles. The van der Waals surface area contributed by atoms with E-state index in [1.807, 2.05) is 0 Å². The Hall–Kier alpha value is -1.33. The van der Waals surface area contributed by atoms with Crippen molar-refractivity contribution in [1.82, 2.24) is 9.13 Å². The van der Waals surface area contributed by atoms with Gasteiger partial charge >= 0.3 is 13.5 Å². The van der Waals surface area contributed by atoms with E-state index in [0.29, 0.717) is 0 Å². The Bertz CT molecular complexity index is 751. The molecule has 0 amide bonds. The molecule has 4 N–H and O–H groups in total. The molecule has 2 rings (SSSR count). The minimum Gasteiger partial charge on any atom is -0.387 e. The van der Waals surface area contributed by atoms with Crippen LogP contribution in [0.3, 0.4) is 0 Å². The van der Waals surface area contributed by atoms with Crippen molar-refractivity contribution < 1.29 is 33.8 Å². The van der Waals surface area contributed by atoms with Gasteiger partial charge in [-0.2, -0.15) is 0 Å². The molecule has 1 aromatic rings. The summed E-state index contributed by atoms with van der Waals surface area (Å²) in [4.78, 5) is 41.1. The van der Waals surface area contributed by atoms with Crippen molar-refractivity contribution in [3.05, 3.63) is 32.6 Å². The number of aliphatic hydroxyl groups is 2. The first-order valence-electron chi connectivity index (χ1n) is 6.51. The maximum atomic E-state index is 12.1. The minimum absolute atomic E-state index is 0.0696. The molecule has 1 fully saturated rings. The molecular weight excluding hydrogens is 335 g/mol. The first kappa shape index (κ1) is 18.0. The molecule has 0 saturated carbocycles. The number of hydrogen-bond acceptors (Lipinski definition) is 7. The van der Waals surface area contributed by atoms with Gasteiger partial charge in [0.1, 0.15) is 24.4 Å². The predicted octanol–water partition coefficient (Wildman–Crippen LogP) is -2.64. The zero-order chi connectivity index (χ0) is 17.5. The second-order valence-corrected chi connectivity index (χ2v) is 6.44. The lowest BCUT2D eigenvalue weighted by molar-refractivity contribution is -0.0230. The molecule has 1 aromatic heterocycles. The number of phosphoric ester groups is 1. The fourth-order valence-corrected chi connectivity index (χ4v) is 2.69. The zero-order valence-electron chi connectivity index (χ0n) is 12.3. The second kappa shape index (κ2) is 6.29. The van der Waals surface area contributed by atoms with E-state index in [1.54, 1.807) is 0 Å². The molecule has 4 atom stereocenters. The SMILES string of the molecule is Cn1cc(C2O[C@H](COP(=O)(O)O)[C@@H](O)[C@H]2O)c(=O)n(C)c1=O. The number of ether oxygens (including phenoxy) is 1. The van der Waals surface area contributed by atoms with Gasteiger partial charge in [0.15, 0.2) is 0 Å². The van der Waals surface area contributed by atoms with Crippen LogP contribution >= 0.6 is 7.82 Å². The molecule has 12 heteroatoms. The Kier molecular flexibility index (Phi) is 4.92. The summed E-state index contributed by atoms with van der Waals surface area (Å²) in [7, 11) is -2.12. The normalized spacial score (nSPS) is 28.3. The number of phosphoric acid groups is 1. The average molecular weight is 352 g/mol. The first-order valence-corrected chi connectivity index (χ1v) is 8.04. The van der Waals surface area contributed by atoms with Crippen molar-refractivity contribution in [2.75, 3.05) is 6.61 Å². The molecule has 130 valence electrons. The quantitative estimate of drug-likeness (QED) is 0.424. The molecule has 1 aliphatic heterocycles. The zero-order valence-corrected chi connectivity index (χ0v) is 13.2. The van der Waals surface area contributed by atoms with E-state index in [1.165, 1.54) is 20.3 Å². The van der Waals surface area contributed by atoms with Crippen molar-refractivity contribution in [2.24, 2.45) is 14.1 Å². The summed E-state index contributed by atoms with van der Waals surface area (Å²) >= 11 is 0. The second-order valence-electron chi connectivity index (χ2n) is 5.20. The smallest absolute Gasteiger partial charge is 0.387 e. The van der Waals surface area contributed by atoms with Crippen LogP contribution in [0.15, 0.2) is 15.8 Å². The van der Waals surface area contributed by atoms with Gasteiger partial charge in [0.05, 0.1) is 12.2 Å². The van der Waals surface area contributed by atoms with Gasteiger partial charge in [0, 0.05) is 20.3 Å². The topological polar surface area (TPSA) is 160 Å². The van der Waals surface area contributed by atoms with Crippen molar-refractivity contribution in [1.29, 1.82) is 0 Å². The summed E-state index contributed by atoms with van der Waals surface area (Å²) < 4.78 is 22.2. The van der Waals surface area contributed by atoms with Crippen molar-refractivity contribution >= 4 is 7.82 Å². The number of nitrogens with zero attached hydrogens (tertiary/aromatic N) is 2. The largest absolute Gasteiger partial charge is 0.469 e. The van der Waals surface area contributed by atoms with Gasteiger partial charge in [0.25, 0.3) is 5.56 Å². The number of aromatic nitrogens is 2. The highest BCUT2D eigenvalue weighted by Gasteiger charge is 2.45. The summed E-state index contributed by atoms with van der Waals surface area (Å²) in [5, 5.41) is 19.9. The van der Waals surface area contributed by atoms with Gasteiger partial charge in [-0.25, -0.2) is 9.36 Å². The highest BCUT2D eigenvalue weighted by molar-refractivity contribution is 7.46. The van der Waals surface area contributed by atoms with Crippen LogP contribution < -0.4 is 11.2 Å². The van der Waals surface area contributed by atoms with Gasteiger partial charge in [-0.05, 0) is 0 Å². The molecular formula is C11H17N2O9P. The van der Waals surface area contributed by atoms with Crippen LogP contribution in [0, 0.1) is 0 Å². The van der Waals surface area contributed by atoms with E-state index in [0.717, 1.165) is 9.13 Å². The Morgan fingerprint density at radius 2 is 1.87 bits per heavy atom. The van der Waals surface area contributed by atoms with E-state index in [-0.39, 0.29) is 5.56 Å². The maximum absolute atomic E-state index is 12.1. The highest BCUT2D eigenvalue weighted by atomic mass is 31.2. The highest BCUT2D eigenvalue weighted by Crippen LogP contribution is 2.38. The van der Waals surface area contributed by atoms with E-state index in [4.69, 9.17) is 14.5 Å². The van der Waals surface area contributed by atoms with Gasteiger partial charge in [-0.3, -0.25) is 13.9 Å². The summed E-state index contributed by atoms with van der Waals surface area (Å²) in [5.41, 5.74) is -1.35. The van der Waals surface area contributed by atoms with E-state index in [9.17, 15) is 24.4 Å². The molecule has 1 unspecified atom stereocenters. The maximum Gasteiger partial charge on any atom is 0.469 e. The lowest BCUT2D eigenvalue weighted by Gasteiger charge is -2.16. The molecule has 0 radical (unpaired) electrons. The van der Waals surface area contributed by atoms with Gasteiger partial charge in [-0.15, -0.1) is 0 Å². The van der Waals surface area contributed by atoms with Crippen LogP contribution in [0.25, 0.3) is 0 Å². The monoisotopic (exact) mass is 352 g/mol. The molecule has 11 nitrogen and oxygen atoms in total. The van der Waals surface area contributed by atoms with Gasteiger partial charge < -0.3 is 29.3 Å². The summed E-state index contributed by atoms with van der Waals surface area (Å²) in [5.74, 6) is 0. The Balaban J connectivity index is 2.30. The molecule has 2 heterocycles. The van der Waals surface area contributed by atoms with E-state index in [2.05, 4.69) is 4.52 Å². The molecule has 1 aliphatic rings. The van der Waals surface area contributed by atoms with E-state index < -0.39 is 50.1 Å². The van der Waals surface area contributed by atoms with Crippen LogP contribution in [0.4, 0.5) is 0 Å². The van der Waals surface area contributed by atoms with Crippen LogP contribution in [0.2, 0.25) is 0 Å². The molecule has 23 heavy (non-hydrogen) atoms. The first-order chi connectivity index (χ1) is 10.5. The Morgan fingerprint density at radius 3 is 2.43 bits per heavy atom. The van der Waals surface area contributed by atoms with Crippen molar-refractivity contribution in [3.8, 4) is 0 Å². The van der Waals surface area contributed by atoms with Crippen molar-refractivity contribution in [3.63, 3.8) is 0 Å². The van der Waals surface area contributed by atoms with Gasteiger partial charge in [0.2, 0.25) is 0 Å². The van der Waals surface area contributed by atoms with Crippen LogP contribution in [0.1, 0.15) is 11.7 Å². The minimum atomic E-state index is -4.77. The summed E-state index contributed by atoms with van der Waals surface area (Å²) in [6.45, 7) is -0.676. The number of aliphatic hydroxyl groups excluding tert-OH is 2. The standard InChI is InChI=1S/C11H17N2O9P/c1-12-3-5(10(16)13(2)11(12)17)9-8(15)7(14)6(22-9)4-21-23(18,19)20/h3,6-9,14-15H,4H2,1-2H3,(H2,18,19,20)/t6-,7-,8-,9?/m1/s1. The Morgan fingerprint density at radius 1 is 1.26 bits per heavy atom. The number of aryl methyl sites for hydroxylation is 1. The van der Waals surface area contributed by atoms with Gasteiger partial charge in [-0.1, -0.05) is 0 Å². The fraction of sp³-hybridized carbons (Fsp3) is 0.636. The summed E-state index contributed by atoms with van der Waals surface area (Å²) in [6, 6.07) is 0. The Labute approximate surface area is 129 Å². The molecule has 1 saturated heterocycles. The lowest BCUT2D eigenvalue weighted by Crippen LogP contribution is -2.40. The van der Waals surface area contributed by atoms with Crippen LogP contribution in [-0.2, 0) is 27.9 Å². The predicted molar refractivity (Wildman–Crippen MR) is 74.5 cm³/mol. The lowest BCUT2D eigenvalue weighted by atomic mass is 10.0. The summed E-state index contributed by atoms with van der Waals surface area (Å²) in [6.07, 6.45) is -4.37. The van der Waals surface area contributed by atoms with Crippen molar-refractivity contribution in [2.45, 2.75) is 24.4 Å². The number of hydrogen-bond donors (Lipinski definition) is 4.